The van der Waals surface area contributed by atoms with Gasteiger partial charge < -0.3 is 9.47 Å². The molecule has 0 aliphatic rings. The third kappa shape index (κ3) is 3.63. The molecule has 0 radical (unpaired) electrons. The normalized spacial score (nSPS) is 10.4. The summed E-state index contributed by atoms with van der Waals surface area (Å²) in [4.78, 5) is 12.8. The molecule has 0 amide bonds. The molecule has 0 spiro atoms. The molecule has 3 aromatic carbocycles. The second-order valence-electron chi connectivity index (χ2n) is 5.35. The van der Waals surface area contributed by atoms with Crippen LogP contribution in [0.3, 0.4) is 0 Å². The van der Waals surface area contributed by atoms with Gasteiger partial charge in [0.15, 0.2) is 0 Å². The van der Waals surface area contributed by atoms with E-state index in [1.54, 1.807) is 31.4 Å². The van der Waals surface area contributed by atoms with E-state index in [-0.39, 0.29) is 5.97 Å². The first kappa shape index (κ1) is 15.8. The van der Waals surface area contributed by atoms with Crippen LogP contribution in [0.4, 0.5) is 0 Å². The molecule has 0 heterocycles. The molecule has 0 N–H and O–H groups in total. The van der Waals surface area contributed by atoms with E-state index in [4.69, 9.17) is 9.47 Å². The van der Waals surface area contributed by atoms with Crippen LogP contribution in [0.1, 0.15) is 17.0 Å². The lowest BCUT2D eigenvalue weighted by Crippen LogP contribution is -2.20. The quantitative estimate of drug-likeness (QED) is 0.515. The predicted octanol–water partition coefficient (Wildman–Crippen LogP) is 4.43. The highest BCUT2D eigenvalue weighted by Gasteiger charge is 2.24. The third-order valence-electron chi connectivity index (χ3n) is 3.78. The van der Waals surface area contributed by atoms with Crippen molar-refractivity contribution in [1.82, 2.24) is 0 Å². The summed E-state index contributed by atoms with van der Waals surface area (Å²) in [5, 5.41) is 0. The van der Waals surface area contributed by atoms with Crippen LogP contribution >= 0.6 is 0 Å². The molecule has 0 bridgehead atoms. The molecule has 0 saturated carbocycles. The summed E-state index contributed by atoms with van der Waals surface area (Å²) in [6.07, 6.45) is 0. The zero-order chi connectivity index (χ0) is 16.8. The second kappa shape index (κ2) is 7.47. The molecule has 0 aromatic heterocycles. The lowest BCUT2D eigenvalue weighted by molar-refractivity contribution is -0.135. The molecule has 3 aromatic rings. The van der Waals surface area contributed by atoms with Crippen LogP contribution in [0.15, 0.2) is 84.9 Å². The summed E-state index contributed by atoms with van der Waals surface area (Å²) in [5.41, 5.74) is 1.81. The molecule has 3 heteroatoms. The van der Waals surface area contributed by atoms with Gasteiger partial charge in [-0.05, 0) is 35.4 Å². The lowest BCUT2D eigenvalue weighted by atomic mass is 9.91. The Morgan fingerprint density at radius 2 is 1.17 bits per heavy atom. The van der Waals surface area contributed by atoms with Crippen molar-refractivity contribution in [3.63, 3.8) is 0 Å². The highest BCUT2D eigenvalue weighted by atomic mass is 16.5. The van der Waals surface area contributed by atoms with E-state index in [0.29, 0.717) is 5.75 Å². The van der Waals surface area contributed by atoms with Crippen molar-refractivity contribution in [2.24, 2.45) is 0 Å². The summed E-state index contributed by atoms with van der Waals surface area (Å²) in [7, 11) is 1.60. The molecule has 0 aliphatic carbocycles. The maximum Gasteiger partial charge on any atom is 0.323 e. The minimum absolute atomic E-state index is 0.308. The topological polar surface area (TPSA) is 35.5 Å². The summed E-state index contributed by atoms with van der Waals surface area (Å²) in [6, 6.07) is 26.3. The molecule has 0 aliphatic heterocycles. The second-order valence-corrected chi connectivity index (χ2v) is 5.35. The maximum atomic E-state index is 12.8. The molecule has 3 nitrogen and oxygen atoms in total. The zero-order valence-electron chi connectivity index (χ0n) is 13.4. The molecular weight excluding hydrogens is 300 g/mol. The molecule has 0 unspecified atom stereocenters. The minimum Gasteiger partial charge on any atom is -0.497 e. The van der Waals surface area contributed by atoms with Gasteiger partial charge in [-0.25, -0.2) is 0 Å². The van der Waals surface area contributed by atoms with Gasteiger partial charge in [-0.3, -0.25) is 4.79 Å². The van der Waals surface area contributed by atoms with Crippen LogP contribution in [0, 0.1) is 0 Å². The molecular formula is C21H18O3. The van der Waals surface area contributed by atoms with Gasteiger partial charge in [-0.15, -0.1) is 0 Å². The molecule has 0 fully saturated rings. The summed E-state index contributed by atoms with van der Waals surface area (Å²) >= 11 is 0. The van der Waals surface area contributed by atoms with Crippen LogP contribution in [0.5, 0.6) is 11.5 Å². The number of hydrogen-bond acceptors (Lipinski definition) is 3. The Morgan fingerprint density at radius 3 is 1.62 bits per heavy atom. The predicted molar refractivity (Wildman–Crippen MR) is 93.4 cm³/mol. The van der Waals surface area contributed by atoms with Crippen LogP contribution in [0.25, 0.3) is 0 Å². The first-order valence-corrected chi connectivity index (χ1v) is 7.73. The number of methoxy groups -OCH3 is 1. The Balaban J connectivity index is 1.89. The Labute approximate surface area is 141 Å². The smallest absolute Gasteiger partial charge is 0.323 e. The third-order valence-corrected chi connectivity index (χ3v) is 3.78. The largest absolute Gasteiger partial charge is 0.497 e. The van der Waals surface area contributed by atoms with Gasteiger partial charge in [0.2, 0.25) is 0 Å². The number of carbonyl (C=O) groups is 1. The fourth-order valence-electron chi connectivity index (χ4n) is 2.57. The van der Waals surface area contributed by atoms with Gasteiger partial charge in [0.25, 0.3) is 0 Å². The van der Waals surface area contributed by atoms with Gasteiger partial charge in [0.05, 0.1) is 7.11 Å². The van der Waals surface area contributed by atoms with Crippen LogP contribution < -0.4 is 9.47 Å². The Kier molecular flexibility index (Phi) is 4.92. The monoisotopic (exact) mass is 318 g/mol. The van der Waals surface area contributed by atoms with Gasteiger partial charge in [0, 0.05) is 0 Å². The van der Waals surface area contributed by atoms with E-state index >= 15 is 0 Å². The van der Waals surface area contributed by atoms with E-state index in [1.807, 2.05) is 60.7 Å². The lowest BCUT2D eigenvalue weighted by Gasteiger charge is -2.17. The van der Waals surface area contributed by atoms with Crippen molar-refractivity contribution in [1.29, 1.82) is 0 Å². The average Bonchev–Trinajstić information content (AvgIpc) is 2.64. The van der Waals surface area contributed by atoms with E-state index in [2.05, 4.69) is 0 Å². The van der Waals surface area contributed by atoms with Gasteiger partial charge in [-0.2, -0.15) is 0 Å². The van der Waals surface area contributed by atoms with E-state index in [1.165, 1.54) is 0 Å². The van der Waals surface area contributed by atoms with Crippen molar-refractivity contribution in [2.45, 2.75) is 5.92 Å². The molecule has 0 saturated heterocycles. The van der Waals surface area contributed by atoms with Crippen molar-refractivity contribution in [3.8, 4) is 11.5 Å². The number of carbonyl (C=O) groups excluding carboxylic acids is 1. The van der Waals surface area contributed by atoms with E-state index in [9.17, 15) is 4.79 Å². The van der Waals surface area contributed by atoms with Crippen molar-refractivity contribution in [3.05, 3.63) is 96.1 Å². The number of ether oxygens (including phenoxy) is 2. The molecule has 120 valence electrons. The average molecular weight is 318 g/mol. The number of benzene rings is 3. The van der Waals surface area contributed by atoms with Crippen molar-refractivity contribution in [2.75, 3.05) is 7.11 Å². The maximum absolute atomic E-state index is 12.8. The standard InChI is InChI=1S/C21H18O3/c1-23-18-12-14-19(15-13-18)24-21(22)20(16-8-4-2-5-9-16)17-10-6-3-7-11-17/h2-15,20H,1H3. The SMILES string of the molecule is COc1ccc(OC(=O)C(c2ccccc2)c2ccccc2)cc1. The number of hydrogen-bond donors (Lipinski definition) is 0. The van der Waals surface area contributed by atoms with Crippen LogP contribution in [-0.2, 0) is 4.79 Å². The van der Waals surface area contributed by atoms with Gasteiger partial charge in [0.1, 0.15) is 17.4 Å². The van der Waals surface area contributed by atoms with E-state index in [0.717, 1.165) is 16.9 Å². The highest BCUT2D eigenvalue weighted by Crippen LogP contribution is 2.27. The molecule has 24 heavy (non-hydrogen) atoms. The van der Waals surface area contributed by atoms with Crippen LogP contribution in [0.2, 0.25) is 0 Å². The first-order chi connectivity index (χ1) is 11.8. The zero-order valence-corrected chi connectivity index (χ0v) is 13.4. The number of rotatable bonds is 5. The fraction of sp³-hybridized carbons (Fsp3) is 0.0952. The Bertz CT molecular complexity index is 741. The Morgan fingerprint density at radius 1 is 0.708 bits per heavy atom. The molecule has 3 rings (SSSR count). The number of esters is 1. The highest BCUT2D eigenvalue weighted by molar-refractivity contribution is 5.84. The first-order valence-electron chi connectivity index (χ1n) is 7.73. The summed E-state index contributed by atoms with van der Waals surface area (Å²) in [6.45, 7) is 0. The fourth-order valence-corrected chi connectivity index (χ4v) is 2.57. The van der Waals surface area contributed by atoms with Gasteiger partial charge in [-0.1, -0.05) is 60.7 Å². The van der Waals surface area contributed by atoms with Gasteiger partial charge >= 0.3 is 5.97 Å². The van der Waals surface area contributed by atoms with Crippen LogP contribution in [-0.4, -0.2) is 13.1 Å². The van der Waals surface area contributed by atoms with Crippen molar-refractivity contribution >= 4 is 5.97 Å². The van der Waals surface area contributed by atoms with Crippen molar-refractivity contribution < 1.29 is 14.3 Å². The summed E-state index contributed by atoms with van der Waals surface area (Å²) < 4.78 is 10.7. The molecule has 0 atom stereocenters. The van der Waals surface area contributed by atoms with E-state index < -0.39 is 5.92 Å². The Hall–Kier alpha value is -3.07. The summed E-state index contributed by atoms with van der Waals surface area (Å²) in [5.74, 6) is 0.446. The minimum atomic E-state index is -0.463.